The van der Waals surface area contributed by atoms with Crippen molar-refractivity contribution < 1.29 is 47.6 Å². The quantitative estimate of drug-likeness (QED) is 0.0671. The fraction of sp³-hybridized carbons (Fsp3) is 0.500. The summed E-state index contributed by atoms with van der Waals surface area (Å²) in [7, 11) is 2.82. The average Bonchev–Trinajstić information content (AvgIpc) is 3.84. The second kappa shape index (κ2) is 22.4. The SMILES string of the molecule is COC(=O)NC(C(=O)NC(Cc1ccc(C#Cc2ccc(N3CC4CCC(C3)N4C3COC3)nc2)cc1)C(O)CN(Cc1c(F)cc(-c2ccn(C)n2)cc1F)NC(=O)C(NC(=O)O)C(C)(C)C)C(C)(C)C. The topological polar surface area (TPSA) is 216 Å². The molecule has 386 valence electrons. The number of hydrogen-bond donors (Lipinski definition) is 6. The maximum absolute atomic E-state index is 16.0. The van der Waals surface area contributed by atoms with Gasteiger partial charge in [-0.1, -0.05) is 65.5 Å². The van der Waals surface area contributed by atoms with Gasteiger partial charge in [-0.05, 0) is 78.1 Å². The molecule has 3 aliphatic heterocycles. The van der Waals surface area contributed by atoms with E-state index in [0.717, 1.165) is 61.9 Å². The highest BCUT2D eigenvalue weighted by molar-refractivity contribution is 5.87. The van der Waals surface area contributed by atoms with Crippen LogP contribution in [0.2, 0.25) is 0 Å². The van der Waals surface area contributed by atoms with Gasteiger partial charge < -0.3 is 40.5 Å². The molecule has 4 aromatic rings. The number of amides is 4. The zero-order chi connectivity index (χ0) is 52.1. The van der Waals surface area contributed by atoms with E-state index in [0.29, 0.717) is 34.9 Å². The molecule has 2 bridgehead atoms. The summed E-state index contributed by atoms with van der Waals surface area (Å²) in [5, 5.41) is 34.7. The van der Waals surface area contributed by atoms with E-state index in [-0.39, 0.29) is 12.0 Å². The molecule has 6 atom stereocenters. The van der Waals surface area contributed by atoms with Crippen LogP contribution in [0.4, 0.5) is 24.2 Å². The zero-order valence-corrected chi connectivity index (χ0v) is 42.0. The number of carbonyl (C=O) groups is 4. The van der Waals surface area contributed by atoms with Crippen LogP contribution in [0.25, 0.3) is 11.3 Å². The molecule has 20 heteroatoms. The van der Waals surface area contributed by atoms with Crippen molar-refractivity contribution in [2.45, 2.75) is 110 Å². The van der Waals surface area contributed by atoms with E-state index in [1.807, 2.05) is 12.1 Å². The van der Waals surface area contributed by atoms with Crippen molar-refractivity contribution in [3.05, 3.63) is 101 Å². The number of methoxy groups -OCH3 is 1. The van der Waals surface area contributed by atoms with Gasteiger partial charge >= 0.3 is 12.2 Å². The number of hydrogen-bond acceptors (Lipinski definition) is 12. The zero-order valence-electron chi connectivity index (χ0n) is 42.0. The number of fused-ring (bicyclic) bond motifs is 2. The first-order chi connectivity index (χ1) is 34.1. The van der Waals surface area contributed by atoms with Crippen LogP contribution >= 0.6 is 0 Å². The number of hydrazine groups is 1. The molecule has 6 N–H and O–H groups in total. The van der Waals surface area contributed by atoms with Crippen molar-refractivity contribution in [2.24, 2.45) is 17.9 Å². The van der Waals surface area contributed by atoms with Crippen LogP contribution in [0.1, 0.15) is 76.6 Å². The molecule has 4 amide bonds. The van der Waals surface area contributed by atoms with Crippen LogP contribution in [-0.4, -0.2) is 141 Å². The van der Waals surface area contributed by atoms with Gasteiger partial charge in [0.15, 0.2) is 0 Å². The molecule has 2 aromatic heterocycles. The summed E-state index contributed by atoms with van der Waals surface area (Å²) in [6, 6.07) is 12.8. The molecule has 0 saturated carbocycles. The summed E-state index contributed by atoms with van der Waals surface area (Å²) in [6.45, 7) is 12.4. The van der Waals surface area contributed by atoms with Gasteiger partial charge in [0.1, 0.15) is 29.5 Å². The van der Waals surface area contributed by atoms with Crippen LogP contribution in [0.3, 0.4) is 0 Å². The van der Waals surface area contributed by atoms with Gasteiger partial charge in [-0.15, -0.1) is 0 Å². The van der Waals surface area contributed by atoms with Crippen LogP contribution in [0.15, 0.2) is 67.0 Å². The highest BCUT2D eigenvalue weighted by Crippen LogP contribution is 2.35. The number of nitrogens with one attached hydrogen (secondary N) is 4. The first-order valence-corrected chi connectivity index (χ1v) is 24.1. The lowest BCUT2D eigenvalue weighted by Crippen LogP contribution is -2.62. The maximum atomic E-state index is 16.0. The first-order valence-electron chi connectivity index (χ1n) is 24.1. The number of aromatic nitrogens is 3. The summed E-state index contributed by atoms with van der Waals surface area (Å²) >= 11 is 0. The number of anilines is 1. The molecule has 2 aromatic carbocycles. The van der Waals surface area contributed by atoms with Crippen molar-refractivity contribution in [3.8, 4) is 23.1 Å². The number of aliphatic hydroxyl groups excluding tert-OH is 1. The Bertz CT molecular complexity index is 2600. The van der Waals surface area contributed by atoms with Crippen molar-refractivity contribution >= 4 is 29.8 Å². The predicted octanol–water partition coefficient (Wildman–Crippen LogP) is 4.59. The van der Waals surface area contributed by atoms with E-state index in [2.05, 4.69) is 48.1 Å². The van der Waals surface area contributed by atoms with Gasteiger partial charge in [0.25, 0.3) is 5.91 Å². The minimum Gasteiger partial charge on any atom is -0.465 e. The first kappa shape index (κ1) is 53.1. The summed E-state index contributed by atoms with van der Waals surface area (Å²) in [6.07, 6.45) is 1.85. The highest BCUT2D eigenvalue weighted by atomic mass is 19.1. The number of nitrogens with zero attached hydrogens (tertiary/aromatic N) is 6. The minimum absolute atomic E-state index is 0.0000398. The number of benzene rings is 2. The Morgan fingerprint density at radius 1 is 0.861 bits per heavy atom. The number of carboxylic acid groups (broad SMARTS) is 1. The molecule has 6 unspecified atom stereocenters. The summed E-state index contributed by atoms with van der Waals surface area (Å²) in [5.74, 6) is 3.80. The standard InChI is InChI=1S/C52H66F2N10O8/c1-51(2,3)45(58-50(70)71-8)47(66)56-42(21-32-12-9-31(10-13-32)11-14-33-15-18-44(55-24-33)62-25-35-16-17-36(26-62)64(35)37-29-72-30-37)43(65)28-63(60-48(67)46(52(4,5)6)57-49(68)69)27-38-39(53)22-34(23-40(38)54)41-19-20-61(7)59-41/h9-10,12-13,15,18-20,22-24,35-37,42-43,45-46,57,65H,16-17,21,25-30H2,1-8H3,(H,56,66)(H,58,70)(H,60,67)(H,68,69). The van der Waals surface area contributed by atoms with Gasteiger partial charge in [0, 0.05) is 80.0 Å². The number of carbonyl (C=O) groups excluding carboxylic acids is 3. The fourth-order valence-corrected chi connectivity index (χ4v) is 9.47. The molecule has 72 heavy (non-hydrogen) atoms. The molecule has 3 aliphatic rings. The van der Waals surface area contributed by atoms with E-state index >= 15 is 8.78 Å². The molecular weight excluding hydrogens is 931 g/mol. The fourth-order valence-electron chi connectivity index (χ4n) is 9.47. The Labute approximate surface area is 418 Å². The Morgan fingerprint density at radius 3 is 2.00 bits per heavy atom. The molecule has 3 fully saturated rings. The number of ether oxygens (including phenoxy) is 2. The van der Waals surface area contributed by atoms with Gasteiger partial charge in [0.05, 0.1) is 44.2 Å². The number of aliphatic hydroxyl groups is 1. The number of aryl methyl sites for hydroxylation is 1. The van der Waals surface area contributed by atoms with Crippen molar-refractivity contribution in [1.82, 2.24) is 46.0 Å². The van der Waals surface area contributed by atoms with Crippen molar-refractivity contribution in [1.29, 1.82) is 0 Å². The third-order valence-electron chi connectivity index (χ3n) is 13.4. The predicted molar refractivity (Wildman–Crippen MR) is 264 cm³/mol. The van der Waals surface area contributed by atoms with Crippen LogP contribution in [-0.2, 0) is 39.1 Å². The van der Waals surface area contributed by atoms with Gasteiger partial charge in [-0.3, -0.25) is 24.6 Å². The molecule has 0 spiro atoms. The van der Waals surface area contributed by atoms with E-state index in [1.165, 1.54) is 17.5 Å². The lowest BCUT2D eigenvalue weighted by molar-refractivity contribution is -0.132. The third-order valence-corrected chi connectivity index (χ3v) is 13.4. The van der Waals surface area contributed by atoms with E-state index in [9.17, 15) is 29.4 Å². The number of halogens is 2. The Kier molecular flexibility index (Phi) is 16.5. The largest absolute Gasteiger partial charge is 0.465 e. The molecule has 7 rings (SSSR count). The van der Waals surface area contributed by atoms with E-state index in [1.54, 1.807) is 91.3 Å². The molecule has 3 saturated heterocycles. The number of piperazine rings is 1. The van der Waals surface area contributed by atoms with Gasteiger partial charge in [-0.2, -0.15) is 5.10 Å². The minimum atomic E-state index is -1.57. The van der Waals surface area contributed by atoms with Crippen LogP contribution in [0.5, 0.6) is 0 Å². The molecular formula is C52H66F2N10O8. The van der Waals surface area contributed by atoms with E-state index in [4.69, 9.17) is 14.5 Å². The second-order valence-corrected chi connectivity index (χ2v) is 21.0. The van der Waals surface area contributed by atoms with E-state index < -0.39 is 89.3 Å². The normalized spacial score (nSPS) is 18.8. The third kappa shape index (κ3) is 13.2. The highest BCUT2D eigenvalue weighted by Gasteiger charge is 2.45. The van der Waals surface area contributed by atoms with Gasteiger partial charge in [-0.25, -0.2) is 28.4 Å². The van der Waals surface area contributed by atoms with Gasteiger partial charge in [0.2, 0.25) is 5.91 Å². The molecule has 18 nitrogen and oxygen atoms in total. The summed E-state index contributed by atoms with van der Waals surface area (Å²) < 4.78 is 43.7. The molecule has 0 aliphatic carbocycles. The molecule has 5 heterocycles. The Hall–Kier alpha value is -6.66. The lowest BCUT2D eigenvalue weighted by Gasteiger charge is -2.47. The maximum Gasteiger partial charge on any atom is 0.407 e. The van der Waals surface area contributed by atoms with Crippen molar-refractivity contribution in [2.75, 3.05) is 44.9 Å². The lowest BCUT2D eigenvalue weighted by atomic mass is 9.85. The van der Waals surface area contributed by atoms with Crippen LogP contribution < -0.4 is 26.3 Å². The van der Waals surface area contributed by atoms with Crippen LogP contribution in [0, 0.1) is 34.3 Å². The monoisotopic (exact) mass is 997 g/mol. The average molecular weight is 997 g/mol. The summed E-state index contributed by atoms with van der Waals surface area (Å²) in [4.78, 5) is 62.1. The van der Waals surface area contributed by atoms with Crippen molar-refractivity contribution in [3.63, 3.8) is 0 Å². The second-order valence-electron chi connectivity index (χ2n) is 21.0. The Balaban J connectivity index is 1.12. The summed E-state index contributed by atoms with van der Waals surface area (Å²) in [5.41, 5.74) is 2.84. The molecule has 0 radical (unpaired) electrons. The number of pyridine rings is 1. The smallest absolute Gasteiger partial charge is 0.407 e. The number of rotatable bonds is 16. The number of alkyl carbamates (subject to hydrolysis) is 1. The Morgan fingerprint density at radius 2 is 1.47 bits per heavy atom.